The third kappa shape index (κ3) is 3.34. The van der Waals surface area contributed by atoms with Crippen molar-refractivity contribution in [3.8, 4) is 11.3 Å². The van der Waals surface area contributed by atoms with Crippen LogP contribution in [0.2, 0.25) is 0 Å². The number of carbonyl (C=O) groups is 1. The van der Waals surface area contributed by atoms with Gasteiger partial charge in [0, 0.05) is 29.2 Å². The first-order valence-electron chi connectivity index (χ1n) is 5.53. The molecule has 1 amide bonds. The monoisotopic (exact) mass is 257 g/mol. The Morgan fingerprint density at radius 1 is 1.53 bits per heavy atom. The lowest BCUT2D eigenvalue weighted by Gasteiger charge is -2.02. The summed E-state index contributed by atoms with van der Waals surface area (Å²) in [5, 5.41) is 9.98. The first kappa shape index (κ1) is 12.7. The second-order valence-corrected chi connectivity index (χ2v) is 3.83. The van der Waals surface area contributed by atoms with E-state index in [2.05, 4.69) is 20.5 Å². The Hall–Kier alpha value is -2.79. The molecule has 0 spiro atoms. The molecule has 0 atom stereocenters. The molecule has 0 saturated heterocycles. The van der Waals surface area contributed by atoms with Gasteiger partial charge in [0.15, 0.2) is 0 Å². The molecular weight excluding hydrogens is 246 g/mol. The van der Waals surface area contributed by atoms with Crippen LogP contribution in [0.3, 0.4) is 0 Å². The number of anilines is 1. The number of benzene rings is 1. The third-order valence-electron chi connectivity index (χ3n) is 2.33. The number of nitrogens with zero attached hydrogens (tertiary/aromatic N) is 4. The van der Waals surface area contributed by atoms with Gasteiger partial charge in [-0.25, -0.2) is 0 Å². The van der Waals surface area contributed by atoms with Crippen molar-refractivity contribution in [1.29, 1.82) is 0 Å². The highest BCUT2D eigenvalue weighted by Gasteiger charge is 2.06. The van der Waals surface area contributed by atoms with Crippen LogP contribution in [0.1, 0.15) is 12.7 Å². The first-order chi connectivity index (χ1) is 9.19. The molecule has 1 aromatic heterocycles. The standard InChI is InChI=1S/C12H11N5O2/c1-8(18)15-10-4-2-3-9(5-10)12-6-11(19-16-12)7-14-17-13/h2-6H,7H2,1H3,(H,15,18). The Balaban J connectivity index is 2.23. The topological polar surface area (TPSA) is 104 Å². The van der Waals surface area contributed by atoms with Crippen LogP contribution in [0.4, 0.5) is 5.69 Å². The first-order valence-corrected chi connectivity index (χ1v) is 5.53. The number of rotatable bonds is 4. The van der Waals surface area contributed by atoms with Crippen LogP contribution in [-0.2, 0) is 11.3 Å². The molecule has 0 aliphatic heterocycles. The minimum Gasteiger partial charge on any atom is -0.361 e. The van der Waals surface area contributed by atoms with E-state index in [1.54, 1.807) is 18.2 Å². The summed E-state index contributed by atoms with van der Waals surface area (Å²) in [7, 11) is 0. The lowest BCUT2D eigenvalue weighted by Crippen LogP contribution is -2.05. The van der Waals surface area contributed by atoms with E-state index in [1.165, 1.54) is 6.92 Å². The van der Waals surface area contributed by atoms with Crippen LogP contribution in [0, 0.1) is 0 Å². The van der Waals surface area contributed by atoms with Crippen LogP contribution in [0.15, 0.2) is 40.0 Å². The number of azide groups is 1. The molecule has 96 valence electrons. The van der Waals surface area contributed by atoms with Crippen molar-refractivity contribution in [2.24, 2.45) is 5.11 Å². The Morgan fingerprint density at radius 2 is 2.37 bits per heavy atom. The van der Waals surface area contributed by atoms with Gasteiger partial charge in [0.25, 0.3) is 0 Å². The zero-order valence-electron chi connectivity index (χ0n) is 10.2. The smallest absolute Gasteiger partial charge is 0.221 e. The normalized spacial score (nSPS) is 9.74. The molecular formula is C12H11N5O2. The largest absolute Gasteiger partial charge is 0.361 e. The van der Waals surface area contributed by atoms with Crippen LogP contribution in [-0.4, -0.2) is 11.1 Å². The molecule has 7 nitrogen and oxygen atoms in total. The zero-order chi connectivity index (χ0) is 13.7. The maximum atomic E-state index is 11.0. The molecule has 7 heteroatoms. The summed E-state index contributed by atoms with van der Waals surface area (Å²) in [5.41, 5.74) is 10.3. The molecule has 1 aromatic carbocycles. The van der Waals surface area contributed by atoms with Gasteiger partial charge in [-0.3, -0.25) is 4.79 Å². The van der Waals surface area contributed by atoms with E-state index in [0.717, 1.165) is 5.56 Å². The minimum absolute atomic E-state index is 0.120. The van der Waals surface area contributed by atoms with E-state index in [9.17, 15) is 4.79 Å². The summed E-state index contributed by atoms with van der Waals surface area (Å²) in [6.45, 7) is 1.57. The second kappa shape index (κ2) is 5.70. The number of hydrogen-bond acceptors (Lipinski definition) is 4. The van der Waals surface area contributed by atoms with Gasteiger partial charge < -0.3 is 9.84 Å². The molecule has 0 bridgehead atoms. The molecule has 1 N–H and O–H groups in total. The highest BCUT2D eigenvalue weighted by Crippen LogP contribution is 2.22. The van der Waals surface area contributed by atoms with Crippen LogP contribution in [0.5, 0.6) is 0 Å². The molecule has 0 saturated carbocycles. The van der Waals surface area contributed by atoms with Gasteiger partial charge in [0.2, 0.25) is 5.91 Å². The van der Waals surface area contributed by atoms with E-state index in [4.69, 9.17) is 10.1 Å². The fourth-order valence-corrected chi connectivity index (χ4v) is 1.58. The summed E-state index contributed by atoms with van der Waals surface area (Å²) >= 11 is 0. The quantitative estimate of drug-likeness (QED) is 0.516. The molecule has 0 radical (unpaired) electrons. The molecule has 0 fully saturated rings. The predicted octanol–water partition coefficient (Wildman–Crippen LogP) is 3.11. The fourth-order valence-electron chi connectivity index (χ4n) is 1.58. The lowest BCUT2D eigenvalue weighted by molar-refractivity contribution is -0.114. The highest BCUT2D eigenvalue weighted by molar-refractivity contribution is 5.89. The van der Waals surface area contributed by atoms with Gasteiger partial charge in [0.1, 0.15) is 11.5 Å². The Morgan fingerprint density at radius 3 is 3.11 bits per heavy atom. The second-order valence-electron chi connectivity index (χ2n) is 3.83. The van der Waals surface area contributed by atoms with Gasteiger partial charge in [0.05, 0.1) is 6.54 Å². The predicted molar refractivity (Wildman–Crippen MR) is 69.1 cm³/mol. The average molecular weight is 257 g/mol. The SMILES string of the molecule is CC(=O)Nc1cccc(-c2cc(CN=[N+]=[N-])on2)c1. The maximum absolute atomic E-state index is 11.0. The van der Waals surface area contributed by atoms with Gasteiger partial charge in [-0.1, -0.05) is 22.4 Å². The Bertz CT molecular complexity index is 643. The van der Waals surface area contributed by atoms with Crippen molar-refractivity contribution in [2.75, 3.05) is 5.32 Å². The van der Waals surface area contributed by atoms with Crippen molar-refractivity contribution >= 4 is 11.6 Å². The molecule has 2 aromatic rings. The summed E-state index contributed by atoms with van der Waals surface area (Å²) < 4.78 is 5.04. The van der Waals surface area contributed by atoms with E-state index in [-0.39, 0.29) is 12.5 Å². The van der Waals surface area contributed by atoms with Gasteiger partial charge in [-0.05, 0) is 17.7 Å². The molecule has 1 heterocycles. The van der Waals surface area contributed by atoms with Crippen molar-refractivity contribution in [2.45, 2.75) is 13.5 Å². The number of nitrogens with one attached hydrogen (secondary N) is 1. The van der Waals surface area contributed by atoms with Gasteiger partial charge in [-0.15, -0.1) is 0 Å². The summed E-state index contributed by atoms with van der Waals surface area (Å²) in [6, 6.07) is 8.92. The molecule has 19 heavy (non-hydrogen) atoms. The van der Waals surface area contributed by atoms with E-state index < -0.39 is 0 Å². The zero-order valence-corrected chi connectivity index (χ0v) is 10.2. The molecule has 2 rings (SSSR count). The van der Waals surface area contributed by atoms with Crippen LogP contribution in [0.25, 0.3) is 21.7 Å². The number of aromatic nitrogens is 1. The van der Waals surface area contributed by atoms with Crippen molar-refractivity contribution in [3.05, 3.63) is 46.5 Å². The average Bonchev–Trinajstić information content (AvgIpc) is 2.84. The van der Waals surface area contributed by atoms with Crippen molar-refractivity contribution < 1.29 is 9.32 Å². The van der Waals surface area contributed by atoms with Gasteiger partial charge >= 0.3 is 0 Å². The highest BCUT2D eigenvalue weighted by atomic mass is 16.5. The van der Waals surface area contributed by atoms with E-state index >= 15 is 0 Å². The number of carbonyl (C=O) groups excluding carboxylic acids is 1. The molecule has 0 aliphatic rings. The fraction of sp³-hybridized carbons (Fsp3) is 0.167. The molecule has 0 aliphatic carbocycles. The number of amides is 1. The maximum Gasteiger partial charge on any atom is 0.221 e. The van der Waals surface area contributed by atoms with Crippen LogP contribution >= 0.6 is 0 Å². The Labute approximate surface area is 108 Å². The minimum atomic E-state index is -0.138. The summed E-state index contributed by atoms with van der Waals surface area (Å²) in [6.07, 6.45) is 0. The van der Waals surface area contributed by atoms with Crippen molar-refractivity contribution in [1.82, 2.24) is 5.16 Å². The Kier molecular flexibility index (Phi) is 3.80. The lowest BCUT2D eigenvalue weighted by atomic mass is 10.1. The van der Waals surface area contributed by atoms with Crippen molar-refractivity contribution in [3.63, 3.8) is 0 Å². The van der Waals surface area contributed by atoms with E-state index in [0.29, 0.717) is 17.1 Å². The van der Waals surface area contributed by atoms with Gasteiger partial charge in [-0.2, -0.15) is 0 Å². The van der Waals surface area contributed by atoms with E-state index in [1.807, 2.05) is 12.1 Å². The molecule has 0 unspecified atom stereocenters. The third-order valence-corrected chi connectivity index (χ3v) is 2.33. The summed E-state index contributed by atoms with van der Waals surface area (Å²) in [5.74, 6) is 0.346. The van der Waals surface area contributed by atoms with Crippen LogP contribution < -0.4 is 5.32 Å². The summed E-state index contributed by atoms with van der Waals surface area (Å²) in [4.78, 5) is 13.6. The number of hydrogen-bond donors (Lipinski definition) is 1.